The van der Waals surface area contributed by atoms with Gasteiger partial charge >= 0.3 is 0 Å². The first-order valence-electron chi connectivity index (χ1n) is 9.73. The van der Waals surface area contributed by atoms with Crippen LogP contribution in [0, 0.1) is 0 Å². The lowest BCUT2D eigenvalue weighted by Crippen LogP contribution is -2.40. The zero-order valence-electron chi connectivity index (χ0n) is 16.3. The number of nitrogens with zero attached hydrogens (tertiary/aromatic N) is 2. The molecule has 152 valence electrons. The molecule has 1 fully saturated rings. The number of hydrogen-bond donors (Lipinski definition) is 2. The van der Waals surface area contributed by atoms with Crippen LogP contribution >= 0.6 is 11.8 Å². The molecule has 0 aliphatic heterocycles. The van der Waals surface area contributed by atoms with Gasteiger partial charge in [-0.25, -0.2) is 9.97 Å². The second-order valence-corrected chi connectivity index (χ2v) is 8.03. The SMILES string of the molecule is COc1nccnc1OC1CCC(NC(=O)CSc2c[nH]c3ccccc23)CC1. The number of benzene rings is 1. The van der Waals surface area contributed by atoms with E-state index in [1.54, 1.807) is 31.3 Å². The number of fused-ring (bicyclic) bond motifs is 1. The van der Waals surface area contributed by atoms with Gasteiger partial charge in [-0.15, -0.1) is 11.8 Å². The Hall–Kier alpha value is -2.74. The third kappa shape index (κ3) is 4.82. The van der Waals surface area contributed by atoms with Gasteiger partial charge in [0.15, 0.2) is 0 Å². The van der Waals surface area contributed by atoms with Gasteiger partial charge in [-0.3, -0.25) is 4.79 Å². The molecule has 2 heterocycles. The molecule has 1 aromatic carbocycles. The number of nitrogens with one attached hydrogen (secondary N) is 2. The minimum atomic E-state index is 0.0642. The van der Waals surface area contributed by atoms with Crippen molar-refractivity contribution in [2.75, 3.05) is 12.9 Å². The van der Waals surface area contributed by atoms with E-state index in [4.69, 9.17) is 9.47 Å². The number of ether oxygens (including phenoxy) is 2. The fourth-order valence-corrected chi connectivity index (χ4v) is 4.44. The Kier molecular flexibility index (Phi) is 6.19. The van der Waals surface area contributed by atoms with Crippen LogP contribution in [-0.2, 0) is 4.79 Å². The highest BCUT2D eigenvalue weighted by molar-refractivity contribution is 8.00. The number of aromatic nitrogens is 3. The monoisotopic (exact) mass is 412 g/mol. The van der Waals surface area contributed by atoms with Gasteiger partial charge in [0.2, 0.25) is 5.91 Å². The Morgan fingerprint density at radius 2 is 1.93 bits per heavy atom. The van der Waals surface area contributed by atoms with E-state index in [1.807, 2.05) is 24.4 Å². The van der Waals surface area contributed by atoms with E-state index >= 15 is 0 Å². The number of methoxy groups -OCH3 is 1. The average molecular weight is 413 g/mol. The second-order valence-electron chi connectivity index (χ2n) is 7.02. The summed E-state index contributed by atoms with van der Waals surface area (Å²) >= 11 is 1.56. The number of thioether (sulfide) groups is 1. The Morgan fingerprint density at radius 3 is 2.72 bits per heavy atom. The molecule has 7 nitrogen and oxygen atoms in total. The van der Waals surface area contributed by atoms with Crippen LogP contribution in [-0.4, -0.2) is 45.9 Å². The number of rotatable bonds is 7. The van der Waals surface area contributed by atoms with Crippen molar-refractivity contribution in [2.24, 2.45) is 0 Å². The molecule has 2 N–H and O–H groups in total. The van der Waals surface area contributed by atoms with Crippen LogP contribution in [0.3, 0.4) is 0 Å². The molecule has 4 rings (SSSR count). The Labute approximate surface area is 173 Å². The maximum absolute atomic E-state index is 12.4. The van der Waals surface area contributed by atoms with Crippen LogP contribution in [0.15, 0.2) is 47.8 Å². The number of carbonyl (C=O) groups excluding carboxylic acids is 1. The predicted molar refractivity (Wildman–Crippen MR) is 112 cm³/mol. The van der Waals surface area contributed by atoms with Crippen molar-refractivity contribution in [1.82, 2.24) is 20.3 Å². The fraction of sp³-hybridized carbons (Fsp3) is 0.381. The molecule has 0 saturated heterocycles. The van der Waals surface area contributed by atoms with Gasteiger partial charge in [0.05, 0.1) is 12.9 Å². The molecular formula is C21H24N4O3S. The fourth-order valence-electron chi connectivity index (χ4n) is 3.59. The molecule has 2 aromatic heterocycles. The van der Waals surface area contributed by atoms with Gasteiger partial charge in [0, 0.05) is 40.4 Å². The molecule has 0 atom stereocenters. The topological polar surface area (TPSA) is 89.1 Å². The summed E-state index contributed by atoms with van der Waals surface area (Å²) < 4.78 is 11.1. The smallest absolute Gasteiger partial charge is 0.278 e. The van der Waals surface area contributed by atoms with E-state index in [1.165, 1.54) is 0 Å². The summed E-state index contributed by atoms with van der Waals surface area (Å²) in [5.74, 6) is 1.31. The molecule has 1 saturated carbocycles. The van der Waals surface area contributed by atoms with Gasteiger partial charge in [-0.1, -0.05) is 18.2 Å². The van der Waals surface area contributed by atoms with Gasteiger partial charge in [-0.2, -0.15) is 0 Å². The summed E-state index contributed by atoms with van der Waals surface area (Å²) in [6.45, 7) is 0. The van der Waals surface area contributed by atoms with Crippen LogP contribution in [0.4, 0.5) is 0 Å². The van der Waals surface area contributed by atoms with Crippen LogP contribution < -0.4 is 14.8 Å². The molecule has 3 aromatic rings. The van der Waals surface area contributed by atoms with E-state index < -0.39 is 0 Å². The molecule has 0 radical (unpaired) electrons. The number of amides is 1. The van der Waals surface area contributed by atoms with Crippen molar-refractivity contribution in [1.29, 1.82) is 0 Å². The largest absolute Gasteiger partial charge is 0.477 e. The van der Waals surface area contributed by atoms with Crippen LogP contribution in [0.5, 0.6) is 11.8 Å². The van der Waals surface area contributed by atoms with E-state index in [0.29, 0.717) is 17.5 Å². The third-order valence-corrected chi connectivity index (χ3v) is 6.11. The molecule has 0 bridgehead atoms. The molecule has 1 aliphatic carbocycles. The maximum Gasteiger partial charge on any atom is 0.278 e. The van der Waals surface area contributed by atoms with Crippen LogP contribution in [0.1, 0.15) is 25.7 Å². The first-order chi connectivity index (χ1) is 14.2. The molecule has 8 heteroatoms. The number of H-pyrrole nitrogens is 1. The van der Waals surface area contributed by atoms with E-state index in [0.717, 1.165) is 41.5 Å². The van der Waals surface area contributed by atoms with Gasteiger partial charge in [0.25, 0.3) is 11.8 Å². The Bertz CT molecular complexity index is 969. The minimum Gasteiger partial charge on any atom is -0.477 e. The molecule has 0 spiro atoms. The number of carbonyl (C=O) groups is 1. The lowest BCUT2D eigenvalue weighted by atomic mass is 9.93. The van der Waals surface area contributed by atoms with E-state index in [-0.39, 0.29) is 18.1 Å². The van der Waals surface area contributed by atoms with E-state index in [9.17, 15) is 4.79 Å². The lowest BCUT2D eigenvalue weighted by Gasteiger charge is -2.29. The Morgan fingerprint density at radius 1 is 1.17 bits per heavy atom. The highest BCUT2D eigenvalue weighted by Gasteiger charge is 2.25. The summed E-state index contributed by atoms with van der Waals surface area (Å²) in [7, 11) is 1.55. The highest BCUT2D eigenvalue weighted by Crippen LogP contribution is 2.29. The summed E-state index contributed by atoms with van der Waals surface area (Å²) in [6, 6.07) is 8.31. The quantitative estimate of drug-likeness (QED) is 0.577. The number of para-hydroxylation sites is 1. The zero-order chi connectivity index (χ0) is 20.1. The van der Waals surface area contributed by atoms with E-state index in [2.05, 4.69) is 26.3 Å². The van der Waals surface area contributed by atoms with Gasteiger partial charge in [0.1, 0.15) is 6.10 Å². The molecule has 1 aliphatic rings. The van der Waals surface area contributed by atoms with Gasteiger partial charge in [-0.05, 0) is 31.7 Å². The summed E-state index contributed by atoms with van der Waals surface area (Å²) in [5.41, 5.74) is 1.09. The van der Waals surface area contributed by atoms with Crippen molar-refractivity contribution >= 4 is 28.6 Å². The van der Waals surface area contributed by atoms with Crippen molar-refractivity contribution in [3.05, 3.63) is 42.9 Å². The molecule has 1 amide bonds. The van der Waals surface area contributed by atoms with Crippen molar-refractivity contribution in [2.45, 2.75) is 42.7 Å². The van der Waals surface area contributed by atoms with Crippen molar-refractivity contribution in [3.63, 3.8) is 0 Å². The predicted octanol–water partition coefficient (Wildman–Crippen LogP) is 3.57. The standard InChI is InChI=1S/C21H24N4O3S/c1-27-20-21(23-11-10-22-20)28-15-8-6-14(7-9-15)25-19(26)13-29-18-12-24-17-5-3-2-4-16(17)18/h2-5,10-12,14-15,24H,6-9,13H2,1H3,(H,25,26). The Balaban J connectivity index is 1.22. The van der Waals surface area contributed by atoms with Crippen LogP contribution in [0.2, 0.25) is 0 Å². The molecule has 0 unspecified atom stereocenters. The molecular weight excluding hydrogens is 388 g/mol. The summed E-state index contributed by atoms with van der Waals surface area (Å²) in [6.07, 6.45) is 8.69. The van der Waals surface area contributed by atoms with Gasteiger partial charge < -0.3 is 19.8 Å². The van der Waals surface area contributed by atoms with Crippen molar-refractivity contribution < 1.29 is 14.3 Å². The first-order valence-corrected chi connectivity index (χ1v) is 10.7. The third-order valence-electron chi connectivity index (χ3n) is 5.05. The number of aromatic amines is 1. The second kappa shape index (κ2) is 9.17. The lowest BCUT2D eigenvalue weighted by molar-refractivity contribution is -0.119. The summed E-state index contributed by atoms with van der Waals surface area (Å²) in [5, 5.41) is 4.31. The highest BCUT2D eigenvalue weighted by atomic mass is 32.2. The van der Waals surface area contributed by atoms with Crippen molar-refractivity contribution in [3.8, 4) is 11.8 Å². The van der Waals surface area contributed by atoms with Crippen LogP contribution in [0.25, 0.3) is 10.9 Å². The maximum atomic E-state index is 12.4. The normalized spacial score (nSPS) is 19.1. The minimum absolute atomic E-state index is 0.0642. The average Bonchev–Trinajstić information content (AvgIpc) is 3.17. The summed E-state index contributed by atoms with van der Waals surface area (Å²) in [4.78, 5) is 25.0. The number of hydrogen-bond acceptors (Lipinski definition) is 6. The zero-order valence-corrected chi connectivity index (χ0v) is 17.1. The molecule has 29 heavy (non-hydrogen) atoms. The first kappa shape index (κ1) is 19.6.